The molecule has 3 aliphatic rings. The Morgan fingerprint density at radius 1 is 1.06 bits per heavy atom. The number of carbonyl (C=O) groups is 4. The number of benzene rings is 1. The van der Waals surface area contributed by atoms with Gasteiger partial charge < -0.3 is 14.4 Å². The molecule has 0 bridgehead atoms. The van der Waals surface area contributed by atoms with E-state index in [1.807, 2.05) is 0 Å². The fraction of sp³-hybridized carbons (Fsp3) is 0.615. The molecular formula is C26H34N2O6. The lowest BCUT2D eigenvalue weighted by Crippen LogP contribution is -2.51. The summed E-state index contributed by atoms with van der Waals surface area (Å²) in [4.78, 5) is 56.5. The minimum Gasteiger partial charge on any atom is -0.496 e. The van der Waals surface area contributed by atoms with E-state index in [-0.39, 0.29) is 43.2 Å². The summed E-state index contributed by atoms with van der Waals surface area (Å²) in [5.74, 6) is -0.810. The van der Waals surface area contributed by atoms with Crippen molar-refractivity contribution in [2.45, 2.75) is 82.2 Å². The Bertz CT molecular complexity index is 956. The number of methoxy groups -OCH3 is 1. The van der Waals surface area contributed by atoms with Gasteiger partial charge in [0, 0.05) is 31.0 Å². The first-order chi connectivity index (χ1) is 16.4. The van der Waals surface area contributed by atoms with Gasteiger partial charge in [0.25, 0.3) is 0 Å². The summed E-state index contributed by atoms with van der Waals surface area (Å²) < 4.78 is 10.8. The van der Waals surface area contributed by atoms with Gasteiger partial charge in [-0.3, -0.25) is 19.3 Å². The highest BCUT2D eigenvalue weighted by Gasteiger charge is 2.57. The zero-order chi connectivity index (χ0) is 24.3. The summed E-state index contributed by atoms with van der Waals surface area (Å²) in [5.41, 5.74) is -0.797. The van der Waals surface area contributed by atoms with Crippen LogP contribution in [0.4, 0.5) is 0 Å². The Kier molecular flexibility index (Phi) is 7.24. The van der Waals surface area contributed by atoms with Crippen molar-refractivity contribution in [2.24, 2.45) is 0 Å². The van der Waals surface area contributed by atoms with E-state index in [9.17, 15) is 19.2 Å². The van der Waals surface area contributed by atoms with E-state index in [0.717, 1.165) is 38.5 Å². The van der Waals surface area contributed by atoms with Crippen molar-refractivity contribution in [3.05, 3.63) is 29.8 Å². The number of ether oxygens (including phenoxy) is 2. The third kappa shape index (κ3) is 4.30. The molecule has 0 N–H and O–H groups in total. The Balaban J connectivity index is 1.71. The number of amides is 3. The molecule has 8 nitrogen and oxygen atoms in total. The summed E-state index contributed by atoms with van der Waals surface area (Å²) in [6.45, 7) is 2.41. The molecule has 2 atom stereocenters. The van der Waals surface area contributed by atoms with Crippen LogP contribution in [0.3, 0.4) is 0 Å². The van der Waals surface area contributed by atoms with E-state index in [2.05, 4.69) is 0 Å². The number of hydrogen-bond acceptors (Lipinski definition) is 6. The number of esters is 1. The standard InChI is InChI=1S/C26H34N2O6/c1-3-34-24(31)20-13-8-9-15-27(20)22(29)16-26(19-12-6-7-14-21(19)33-2)17-23(30)28(25(26)32)18-10-4-5-11-18/h6-7,12,14,18,20H,3-5,8-11,13,15-17H2,1-2H3. The lowest BCUT2D eigenvalue weighted by molar-refractivity contribution is -0.157. The van der Waals surface area contributed by atoms with Gasteiger partial charge in [-0.2, -0.15) is 0 Å². The molecule has 0 aromatic heterocycles. The van der Waals surface area contributed by atoms with Crippen LogP contribution in [0.25, 0.3) is 0 Å². The largest absolute Gasteiger partial charge is 0.496 e. The molecule has 1 aromatic rings. The van der Waals surface area contributed by atoms with E-state index in [1.54, 1.807) is 36.1 Å². The van der Waals surface area contributed by atoms with E-state index >= 15 is 0 Å². The topological polar surface area (TPSA) is 93.2 Å². The number of nitrogens with zero attached hydrogens (tertiary/aromatic N) is 2. The van der Waals surface area contributed by atoms with Gasteiger partial charge in [0.1, 0.15) is 11.8 Å². The Morgan fingerprint density at radius 2 is 1.76 bits per heavy atom. The lowest BCUT2D eigenvalue weighted by atomic mass is 9.74. The van der Waals surface area contributed by atoms with Crippen LogP contribution in [0, 0.1) is 0 Å². The molecule has 1 aliphatic carbocycles. The molecule has 0 spiro atoms. The van der Waals surface area contributed by atoms with Gasteiger partial charge >= 0.3 is 5.97 Å². The van der Waals surface area contributed by atoms with Crippen LogP contribution in [0.1, 0.15) is 70.3 Å². The molecule has 0 radical (unpaired) electrons. The summed E-state index contributed by atoms with van der Waals surface area (Å²) in [5, 5.41) is 0. The maximum Gasteiger partial charge on any atom is 0.328 e. The first-order valence-corrected chi connectivity index (χ1v) is 12.4. The van der Waals surface area contributed by atoms with Gasteiger partial charge in [0.05, 0.1) is 19.1 Å². The fourth-order valence-electron chi connectivity index (χ4n) is 5.85. The predicted octanol–water partition coefficient (Wildman–Crippen LogP) is 2.97. The van der Waals surface area contributed by atoms with Gasteiger partial charge in [-0.25, -0.2) is 4.79 Å². The number of para-hydroxylation sites is 1. The first kappa shape index (κ1) is 24.2. The number of piperidine rings is 1. The Hall–Kier alpha value is -2.90. The van der Waals surface area contributed by atoms with Crippen LogP contribution in [-0.2, 0) is 29.3 Å². The number of hydrogen-bond donors (Lipinski definition) is 0. The summed E-state index contributed by atoms with van der Waals surface area (Å²) >= 11 is 0. The highest BCUT2D eigenvalue weighted by atomic mass is 16.5. The zero-order valence-electron chi connectivity index (χ0n) is 20.1. The summed E-state index contributed by atoms with van der Waals surface area (Å²) in [6.07, 6.45) is 5.45. The number of rotatable bonds is 7. The molecule has 2 unspecified atom stereocenters. The molecule has 34 heavy (non-hydrogen) atoms. The van der Waals surface area contributed by atoms with E-state index in [1.165, 1.54) is 12.0 Å². The van der Waals surface area contributed by atoms with Crippen LogP contribution in [-0.4, -0.2) is 65.8 Å². The average Bonchev–Trinajstić information content (AvgIpc) is 3.45. The average molecular weight is 471 g/mol. The van der Waals surface area contributed by atoms with Crippen LogP contribution >= 0.6 is 0 Å². The third-order valence-electron chi connectivity index (χ3n) is 7.50. The van der Waals surface area contributed by atoms with Gasteiger partial charge in [-0.05, 0) is 45.1 Å². The Morgan fingerprint density at radius 3 is 2.47 bits per heavy atom. The molecule has 1 saturated carbocycles. The van der Waals surface area contributed by atoms with Gasteiger partial charge in [-0.15, -0.1) is 0 Å². The zero-order valence-corrected chi connectivity index (χ0v) is 20.1. The normalized spacial score (nSPS) is 25.6. The second kappa shape index (κ2) is 10.2. The summed E-state index contributed by atoms with van der Waals surface area (Å²) in [6, 6.07) is 6.34. The maximum absolute atomic E-state index is 14.0. The second-order valence-electron chi connectivity index (χ2n) is 9.49. The minimum atomic E-state index is -1.35. The van der Waals surface area contributed by atoms with Crippen LogP contribution < -0.4 is 4.74 Å². The highest BCUT2D eigenvalue weighted by molar-refractivity contribution is 6.11. The van der Waals surface area contributed by atoms with Crippen LogP contribution in [0.2, 0.25) is 0 Å². The second-order valence-corrected chi connectivity index (χ2v) is 9.49. The Labute approximate surface area is 200 Å². The molecule has 1 aromatic carbocycles. The highest BCUT2D eigenvalue weighted by Crippen LogP contribution is 2.46. The summed E-state index contributed by atoms with van der Waals surface area (Å²) in [7, 11) is 1.52. The van der Waals surface area contributed by atoms with Crippen molar-refractivity contribution in [1.29, 1.82) is 0 Å². The quantitative estimate of drug-likeness (QED) is 0.449. The number of carbonyl (C=O) groups excluding carboxylic acids is 4. The molecule has 3 fully saturated rings. The van der Waals surface area contributed by atoms with Crippen LogP contribution in [0.5, 0.6) is 5.75 Å². The molecule has 2 saturated heterocycles. The number of imide groups is 1. The molecule has 4 rings (SSSR count). The lowest BCUT2D eigenvalue weighted by Gasteiger charge is -2.37. The smallest absolute Gasteiger partial charge is 0.328 e. The molecule has 3 amide bonds. The van der Waals surface area contributed by atoms with E-state index in [4.69, 9.17) is 9.47 Å². The molecule has 8 heteroatoms. The van der Waals surface area contributed by atoms with Crippen molar-refractivity contribution in [1.82, 2.24) is 9.80 Å². The SMILES string of the molecule is CCOC(=O)C1CCCCN1C(=O)CC1(c2ccccc2OC)CC(=O)N(C2CCCC2)C1=O. The van der Waals surface area contributed by atoms with Crippen molar-refractivity contribution in [3.63, 3.8) is 0 Å². The molecular weight excluding hydrogens is 436 g/mol. The van der Waals surface area contributed by atoms with Crippen molar-refractivity contribution < 1.29 is 28.7 Å². The van der Waals surface area contributed by atoms with E-state index < -0.39 is 17.4 Å². The monoisotopic (exact) mass is 470 g/mol. The van der Waals surface area contributed by atoms with E-state index in [0.29, 0.717) is 24.3 Å². The predicted molar refractivity (Wildman–Crippen MR) is 124 cm³/mol. The molecule has 2 aliphatic heterocycles. The molecule has 184 valence electrons. The van der Waals surface area contributed by atoms with Crippen molar-refractivity contribution in [2.75, 3.05) is 20.3 Å². The van der Waals surface area contributed by atoms with Crippen molar-refractivity contribution >= 4 is 23.7 Å². The number of likely N-dealkylation sites (tertiary alicyclic amines) is 2. The van der Waals surface area contributed by atoms with Crippen molar-refractivity contribution in [3.8, 4) is 5.75 Å². The fourth-order valence-corrected chi connectivity index (χ4v) is 5.85. The molecule has 2 heterocycles. The third-order valence-corrected chi connectivity index (χ3v) is 7.50. The van der Waals surface area contributed by atoms with Gasteiger partial charge in [0.15, 0.2) is 0 Å². The minimum absolute atomic E-state index is 0.0770. The van der Waals surface area contributed by atoms with Crippen LogP contribution in [0.15, 0.2) is 24.3 Å². The maximum atomic E-state index is 14.0. The van der Waals surface area contributed by atoms with Gasteiger partial charge in [0.2, 0.25) is 17.7 Å². The van der Waals surface area contributed by atoms with Gasteiger partial charge in [-0.1, -0.05) is 31.0 Å². The first-order valence-electron chi connectivity index (χ1n) is 12.4.